The van der Waals surface area contributed by atoms with E-state index in [1.165, 1.54) is 0 Å². The van der Waals surface area contributed by atoms with Crippen LogP contribution in [-0.4, -0.2) is 16.0 Å². The highest BCUT2D eigenvalue weighted by molar-refractivity contribution is 7.80. The standard InChI is InChI=1S/C19H16ClF2N3O2S/c1-2-3-4-17(26)25-19(28)23-10-5-6-16-15(7-10)24-18(27-16)11-8-13(21)14(22)9-12(11)20/h5-9H,2-4H2,1H3,(H2,23,25,26,28). The molecule has 0 aliphatic carbocycles. The van der Waals surface area contributed by atoms with Gasteiger partial charge in [-0.15, -0.1) is 0 Å². The molecule has 1 aromatic heterocycles. The number of anilines is 1. The highest BCUT2D eigenvalue weighted by Gasteiger charge is 2.16. The van der Waals surface area contributed by atoms with Crippen LogP contribution >= 0.6 is 23.8 Å². The van der Waals surface area contributed by atoms with Crippen LogP contribution < -0.4 is 10.6 Å². The average Bonchev–Trinajstić information content (AvgIpc) is 3.05. The number of carbonyl (C=O) groups is 1. The van der Waals surface area contributed by atoms with Gasteiger partial charge in [-0.2, -0.15) is 0 Å². The summed E-state index contributed by atoms with van der Waals surface area (Å²) in [6.45, 7) is 2.00. The number of rotatable bonds is 5. The van der Waals surface area contributed by atoms with Gasteiger partial charge in [0.2, 0.25) is 11.8 Å². The normalized spacial score (nSPS) is 10.9. The molecular weight excluding hydrogens is 408 g/mol. The first-order valence-corrected chi connectivity index (χ1v) is 9.32. The van der Waals surface area contributed by atoms with Crippen molar-refractivity contribution in [2.24, 2.45) is 0 Å². The monoisotopic (exact) mass is 423 g/mol. The Kier molecular flexibility index (Phi) is 6.21. The molecule has 3 rings (SSSR count). The van der Waals surface area contributed by atoms with E-state index in [1.54, 1.807) is 18.2 Å². The zero-order chi connectivity index (χ0) is 20.3. The summed E-state index contributed by atoms with van der Waals surface area (Å²) in [5.74, 6) is -2.19. The first-order valence-electron chi connectivity index (χ1n) is 8.53. The molecule has 0 radical (unpaired) electrons. The third kappa shape index (κ3) is 4.63. The quantitative estimate of drug-likeness (QED) is 0.423. The minimum Gasteiger partial charge on any atom is -0.436 e. The van der Waals surface area contributed by atoms with Crippen LogP contribution in [-0.2, 0) is 4.79 Å². The summed E-state index contributed by atoms with van der Waals surface area (Å²) in [7, 11) is 0. The number of halogens is 3. The number of aromatic nitrogens is 1. The molecule has 1 heterocycles. The van der Waals surface area contributed by atoms with Crippen molar-refractivity contribution in [2.75, 3.05) is 5.32 Å². The van der Waals surface area contributed by atoms with Gasteiger partial charge in [0.1, 0.15) is 5.52 Å². The Labute approximate surface area is 170 Å². The average molecular weight is 424 g/mol. The molecule has 0 fully saturated rings. The molecule has 0 aliphatic rings. The number of oxazole rings is 1. The number of carbonyl (C=O) groups excluding carboxylic acids is 1. The lowest BCUT2D eigenvalue weighted by Gasteiger charge is -2.09. The molecule has 28 heavy (non-hydrogen) atoms. The zero-order valence-corrected chi connectivity index (χ0v) is 16.4. The van der Waals surface area contributed by atoms with E-state index in [1.807, 2.05) is 6.92 Å². The molecular formula is C19H16ClF2N3O2S. The lowest BCUT2D eigenvalue weighted by Crippen LogP contribution is -2.33. The second-order valence-corrected chi connectivity index (χ2v) is 6.87. The first-order chi connectivity index (χ1) is 13.4. The third-order valence-electron chi connectivity index (χ3n) is 3.90. The summed E-state index contributed by atoms with van der Waals surface area (Å²) in [6, 6.07) is 6.79. The predicted molar refractivity (Wildman–Crippen MR) is 108 cm³/mol. The summed E-state index contributed by atoms with van der Waals surface area (Å²) >= 11 is 11.1. The first kappa shape index (κ1) is 20.2. The van der Waals surface area contributed by atoms with Gasteiger partial charge in [0.15, 0.2) is 22.3 Å². The highest BCUT2D eigenvalue weighted by atomic mass is 35.5. The molecule has 2 N–H and O–H groups in total. The second kappa shape index (κ2) is 8.62. The van der Waals surface area contributed by atoms with Gasteiger partial charge in [0.25, 0.3) is 0 Å². The van der Waals surface area contributed by atoms with Crippen molar-refractivity contribution in [1.82, 2.24) is 10.3 Å². The Morgan fingerprint density at radius 2 is 2.00 bits per heavy atom. The number of nitrogens with one attached hydrogen (secondary N) is 2. The van der Waals surface area contributed by atoms with Crippen LogP contribution in [0.25, 0.3) is 22.6 Å². The maximum absolute atomic E-state index is 13.5. The number of hydrogen-bond donors (Lipinski definition) is 2. The Morgan fingerprint density at radius 1 is 1.25 bits per heavy atom. The van der Waals surface area contributed by atoms with Gasteiger partial charge in [-0.3, -0.25) is 4.79 Å². The SMILES string of the molecule is CCCCC(=O)NC(=S)Nc1ccc2oc(-c3cc(F)c(F)cc3Cl)nc2c1. The van der Waals surface area contributed by atoms with Crippen LogP contribution in [0.15, 0.2) is 34.7 Å². The number of benzene rings is 2. The fourth-order valence-corrected chi connectivity index (χ4v) is 2.96. The lowest BCUT2D eigenvalue weighted by molar-refractivity contribution is -0.119. The van der Waals surface area contributed by atoms with Crippen LogP contribution in [0.3, 0.4) is 0 Å². The van der Waals surface area contributed by atoms with Crippen molar-refractivity contribution in [3.05, 3.63) is 47.0 Å². The second-order valence-electron chi connectivity index (χ2n) is 6.05. The summed E-state index contributed by atoms with van der Waals surface area (Å²) in [5.41, 5.74) is 1.62. The largest absolute Gasteiger partial charge is 0.436 e. The molecule has 0 bridgehead atoms. The number of thiocarbonyl (C=S) groups is 1. The summed E-state index contributed by atoms with van der Waals surface area (Å²) in [5, 5.41) is 5.66. The molecule has 2 aromatic carbocycles. The summed E-state index contributed by atoms with van der Waals surface area (Å²) in [6.07, 6.45) is 2.11. The molecule has 0 saturated carbocycles. The Hall–Kier alpha value is -2.58. The molecule has 0 aliphatic heterocycles. The molecule has 0 atom stereocenters. The van der Waals surface area contributed by atoms with Gasteiger partial charge in [-0.1, -0.05) is 24.9 Å². The summed E-state index contributed by atoms with van der Waals surface area (Å²) in [4.78, 5) is 16.0. The molecule has 9 heteroatoms. The Bertz CT molecular complexity index is 1060. The molecule has 0 spiro atoms. The maximum atomic E-state index is 13.5. The number of unbranched alkanes of at least 4 members (excludes halogenated alkanes) is 1. The van der Waals surface area contributed by atoms with E-state index in [2.05, 4.69) is 15.6 Å². The number of nitrogens with zero attached hydrogens (tertiary/aromatic N) is 1. The fourth-order valence-electron chi connectivity index (χ4n) is 2.50. The number of hydrogen-bond acceptors (Lipinski definition) is 4. The predicted octanol–water partition coefficient (Wildman–Crippen LogP) is 5.43. The molecule has 3 aromatic rings. The van der Waals surface area contributed by atoms with Gasteiger partial charge < -0.3 is 15.1 Å². The van der Waals surface area contributed by atoms with Gasteiger partial charge in [-0.05, 0) is 49.0 Å². The van der Waals surface area contributed by atoms with E-state index in [0.717, 1.165) is 25.0 Å². The van der Waals surface area contributed by atoms with Crippen molar-refractivity contribution < 1.29 is 18.0 Å². The number of amides is 1. The van der Waals surface area contributed by atoms with Gasteiger partial charge >= 0.3 is 0 Å². The van der Waals surface area contributed by atoms with E-state index >= 15 is 0 Å². The van der Waals surface area contributed by atoms with Crippen molar-refractivity contribution in [2.45, 2.75) is 26.2 Å². The topological polar surface area (TPSA) is 67.2 Å². The van der Waals surface area contributed by atoms with Crippen LogP contribution in [0.5, 0.6) is 0 Å². The van der Waals surface area contributed by atoms with Crippen LogP contribution in [0.2, 0.25) is 5.02 Å². The van der Waals surface area contributed by atoms with Crippen molar-refractivity contribution >= 4 is 51.6 Å². The Morgan fingerprint density at radius 3 is 2.75 bits per heavy atom. The maximum Gasteiger partial charge on any atom is 0.228 e. The van der Waals surface area contributed by atoms with Crippen LogP contribution in [0, 0.1) is 11.6 Å². The van der Waals surface area contributed by atoms with Crippen molar-refractivity contribution in [3.63, 3.8) is 0 Å². The lowest BCUT2D eigenvalue weighted by atomic mass is 10.2. The molecule has 1 amide bonds. The van der Waals surface area contributed by atoms with E-state index in [0.29, 0.717) is 23.2 Å². The van der Waals surface area contributed by atoms with E-state index < -0.39 is 11.6 Å². The van der Waals surface area contributed by atoms with Crippen molar-refractivity contribution in [1.29, 1.82) is 0 Å². The molecule has 0 unspecified atom stereocenters. The summed E-state index contributed by atoms with van der Waals surface area (Å²) < 4.78 is 32.4. The number of fused-ring (bicyclic) bond motifs is 1. The van der Waals surface area contributed by atoms with Crippen LogP contribution in [0.4, 0.5) is 14.5 Å². The molecule has 0 saturated heterocycles. The molecule has 146 valence electrons. The Balaban J connectivity index is 1.79. The minimum absolute atomic E-state index is 0.0141. The van der Waals surface area contributed by atoms with E-state index in [9.17, 15) is 13.6 Å². The molecule has 5 nitrogen and oxygen atoms in total. The zero-order valence-electron chi connectivity index (χ0n) is 14.8. The van der Waals surface area contributed by atoms with Gasteiger partial charge in [0, 0.05) is 12.1 Å². The van der Waals surface area contributed by atoms with Crippen LogP contribution in [0.1, 0.15) is 26.2 Å². The van der Waals surface area contributed by atoms with E-state index in [4.69, 9.17) is 28.2 Å². The van der Waals surface area contributed by atoms with Gasteiger partial charge in [0.05, 0.1) is 10.6 Å². The van der Waals surface area contributed by atoms with E-state index in [-0.39, 0.29) is 27.5 Å². The highest BCUT2D eigenvalue weighted by Crippen LogP contribution is 2.32. The van der Waals surface area contributed by atoms with Gasteiger partial charge in [-0.25, -0.2) is 13.8 Å². The minimum atomic E-state index is -1.05. The fraction of sp³-hybridized carbons (Fsp3) is 0.211. The van der Waals surface area contributed by atoms with Crippen molar-refractivity contribution in [3.8, 4) is 11.5 Å². The smallest absolute Gasteiger partial charge is 0.228 e. The third-order valence-corrected chi connectivity index (χ3v) is 4.41.